The summed E-state index contributed by atoms with van der Waals surface area (Å²) in [6.07, 6.45) is 31.4. The first-order valence-electron chi connectivity index (χ1n) is 15.4. The van der Waals surface area contributed by atoms with Gasteiger partial charge in [-0.05, 0) is 19.3 Å². The quantitative estimate of drug-likeness (QED) is 0.0791. The molecule has 0 aromatic heterocycles. The van der Waals surface area contributed by atoms with Crippen molar-refractivity contribution in [3.8, 4) is 0 Å². The Morgan fingerprint density at radius 1 is 0.657 bits per heavy atom. The van der Waals surface area contributed by atoms with Crippen LogP contribution in [0.2, 0.25) is 0 Å². The molecule has 0 radical (unpaired) electrons. The Balaban J connectivity index is 3.66. The second-order valence-corrected chi connectivity index (χ2v) is 10.5. The lowest BCUT2D eigenvalue weighted by molar-refractivity contribution is -0.123. The van der Waals surface area contributed by atoms with E-state index >= 15 is 0 Å². The van der Waals surface area contributed by atoms with Gasteiger partial charge in [0, 0.05) is 6.42 Å². The van der Waals surface area contributed by atoms with Crippen molar-refractivity contribution in [2.75, 3.05) is 6.61 Å². The molecule has 0 aromatic rings. The van der Waals surface area contributed by atoms with Gasteiger partial charge in [0.05, 0.1) is 18.8 Å². The van der Waals surface area contributed by atoms with Crippen LogP contribution >= 0.6 is 0 Å². The highest BCUT2D eigenvalue weighted by atomic mass is 16.3. The van der Waals surface area contributed by atoms with Crippen molar-refractivity contribution in [3.63, 3.8) is 0 Å². The summed E-state index contributed by atoms with van der Waals surface area (Å²) in [4.78, 5) is 12.2. The zero-order valence-electron chi connectivity index (χ0n) is 23.6. The second-order valence-electron chi connectivity index (χ2n) is 10.5. The molecule has 35 heavy (non-hydrogen) atoms. The lowest BCUT2D eigenvalue weighted by atomic mass is 10.0. The van der Waals surface area contributed by atoms with Gasteiger partial charge in [-0.3, -0.25) is 4.79 Å². The Labute approximate surface area is 218 Å². The molecule has 2 atom stereocenters. The summed E-state index contributed by atoms with van der Waals surface area (Å²) in [6.45, 7) is 4.26. The summed E-state index contributed by atoms with van der Waals surface area (Å²) < 4.78 is 0. The van der Waals surface area contributed by atoms with E-state index in [1.165, 1.54) is 116 Å². The van der Waals surface area contributed by atoms with E-state index in [1.807, 2.05) is 6.08 Å². The normalized spacial score (nSPS) is 13.4. The summed E-state index contributed by atoms with van der Waals surface area (Å²) >= 11 is 0. The summed E-state index contributed by atoms with van der Waals surface area (Å²) in [5, 5.41) is 22.7. The maximum Gasteiger partial charge on any atom is 0.220 e. The predicted octanol–water partition coefficient (Wildman–Crippen LogP) is 8.39. The molecule has 4 heteroatoms. The molecule has 208 valence electrons. The summed E-state index contributed by atoms with van der Waals surface area (Å²) in [7, 11) is 0. The van der Waals surface area contributed by atoms with Crippen LogP contribution in [0.5, 0.6) is 0 Å². The minimum absolute atomic E-state index is 0.0691. The molecule has 4 nitrogen and oxygen atoms in total. The van der Waals surface area contributed by atoms with Gasteiger partial charge >= 0.3 is 0 Å². The Bertz CT molecular complexity index is 466. The Kier molecular flexibility index (Phi) is 27.0. The zero-order chi connectivity index (χ0) is 25.8. The third-order valence-corrected chi connectivity index (χ3v) is 7.02. The van der Waals surface area contributed by atoms with Crippen LogP contribution in [0.1, 0.15) is 162 Å². The summed E-state index contributed by atoms with van der Waals surface area (Å²) in [5.74, 6) is -0.0691. The smallest absolute Gasteiger partial charge is 0.220 e. The predicted molar refractivity (Wildman–Crippen MR) is 152 cm³/mol. The number of allylic oxidation sites excluding steroid dienone is 1. The molecule has 0 rings (SSSR count). The fourth-order valence-electron chi connectivity index (χ4n) is 4.59. The van der Waals surface area contributed by atoms with E-state index in [0.717, 1.165) is 25.7 Å². The lowest BCUT2D eigenvalue weighted by Crippen LogP contribution is -2.45. The number of aliphatic hydroxyl groups excluding tert-OH is 2. The first-order chi connectivity index (χ1) is 17.2. The number of unbranched alkanes of at least 4 members (excludes halogenated alkanes) is 20. The lowest BCUT2D eigenvalue weighted by Gasteiger charge is -2.20. The molecule has 0 saturated carbocycles. The van der Waals surface area contributed by atoms with E-state index in [1.54, 1.807) is 6.08 Å². The van der Waals surface area contributed by atoms with Crippen LogP contribution in [0.4, 0.5) is 0 Å². The Morgan fingerprint density at radius 2 is 1.06 bits per heavy atom. The Morgan fingerprint density at radius 3 is 1.49 bits per heavy atom. The Hall–Kier alpha value is -0.870. The highest BCUT2D eigenvalue weighted by Gasteiger charge is 2.17. The van der Waals surface area contributed by atoms with Crippen LogP contribution in [0.3, 0.4) is 0 Å². The topological polar surface area (TPSA) is 69.6 Å². The fourth-order valence-corrected chi connectivity index (χ4v) is 4.59. The van der Waals surface area contributed by atoms with Crippen molar-refractivity contribution in [2.45, 2.75) is 174 Å². The van der Waals surface area contributed by atoms with E-state index in [4.69, 9.17) is 0 Å². The number of aliphatic hydroxyl groups is 2. The molecule has 0 aliphatic heterocycles. The van der Waals surface area contributed by atoms with E-state index < -0.39 is 12.1 Å². The van der Waals surface area contributed by atoms with Gasteiger partial charge in [0.15, 0.2) is 0 Å². The molecule has 1 amide bonds. The summed E-state index contributed by atoms with van der Waals surface area (Å²) in [5.41, 5.74) is 0. The first kappa shape index (κ1) is 34.1. The van der Waals surface area contributed by atoms with Gasteiger partial charge in [0.25, 0.3) is 0 Å². The van der Waals surface area contributed by atoms with E-state index in [9.17, 15) is 15.0 Å². The molecule has 0 saturated heterocycles. The van der Waals surface area contributed by atoms with Gasteiger partial charge in [-0.15, -0.1) is 0 Å². The largest absolute Gasteiger partial charge is 0.394 e. The molecular formula is C31H61NO3. The number of hydrogen-bond acceptors (Lipinski definition) is 3. The van der Waals surface area contributed by atoms with Crippen LogP contribution in [0.25, 0.3) is 0 Å². The SMILES string of the molecule is CCCCCCCCCCCCCC/C=C/[C@@H](O)[C@H](CO)NC(=O)CCCCCCCCCCC. The number of carbonyl (C=O) groups is 1. The minimum Gasteiger partial charge on any atom is -0.394 e. The monoisotopic (exact) mass is 495 g/mol. The van der Waals surface area contributed by atoms with Crippen molar-refractivity contribution < 1.29 is 15.0 Å². The molecule has 0 bridgehead atoms. The van der Waals surface area contributed by atoms with Gasteiger partial charge in [-0.1, -0.05) is 148 Å². The van der Waals surface area contributed by atoms with Crippen molar-refractivity contribution in [3.05, 3.63) is 12.2 Å². The zero-order valence-corrected chi connectivity index (χ0v) is 23.6. The van der Waals surface area contributed by atoms with Crippen LogP contribution in [-0.4, -0.2) is 34.9 Å². The number of hydrogen-bond donors (Lipinski definition) is 3. The van der Waals surface area contributed by atoms with Crippen molar-refractivity contribution in [2.24, 2.45) is 0 Å². The highest BCUT2D eigenvalue weighted by Crippen LogP contribution is 2.13. The third kappa shape index (κ3) is 24.6. The van der Waals surface area contributed by atoms with Gasteiger partial charge in [0.1, 0.15) is 0 Å². The number of carbonyl (C=O) groups excluding carboxylic acids is 1. The molecule has 0 aliphatic rings. The molecule has 0 unspecified atom stereocenters. The fraction of sp³-hybridized carbons (Fsp3) is 0.903. The third-order valence-electron chi connectivity index (χ3n) is 7.02. The highest BCUT2D eigenvalue weighted by molar-refractivity contribution is 5.76. The van der Waals surface area contributed by atoms with Crippen molar-refractivity contribution in [1.82, 2.24) is 5.32 Å². The molecule has 0 fully saturated rings. The number of amides is 1. The van der Waals surface area contributed by atoms with Gasteiger partial charge in [-0.25, -0.2) is 0 Å². The van der Waals surface area contributed by atoms with Crippen molar-refractivity contribution >= 4 is 5.91 Å². The van der Waals surface area contributed by atoms with Crippen LogP contribution < -0.4 is 5.32 Å². The van der Waals surface area contributed by atoms with E-state index in [2.05, 4.69) is 19.2 Å². The minimum atomic E-state index is -0.829. The first-order valence-corrected chi connectivity index (χ1v) is 15.4. The van der Waals surface area contributed by atoms with E-state index in [0.29, 0.717) is 6.42 Å². The number of rotatable bonds is 27. The average Bonchev–Trinajstić information content (AvgIpc) is 2.86. The molecular weight excluding hydrogens is 434 g/mol. The maximum atomic E-state index is 12.2. The molecule has 0 aliphatic carbocycles. The van der Waals surface area contributed by atoms with E-state index in [-0.39, 0.29) is 12.5 Å². The standard InChI is InChI=1S/C31H61NO3/c1-3-5-7-9-11-13-14-15-16-17-19-20-22-24-26-30(34)29(28-33)32-31(35)27-25-23-21-18-12-10-8-6-4-2/h24,26,29-30,33-34H,3-23,25,27-28H2,1-2H3,(H,32,35)/b26-24+/t29-,30+/m0/s1. The van der Waals surface area contributed by atoms with Crippen LogP contribution in [0.15, 0.2) is 12.2 Å². The molecule has 3 N–H and O–H groups in total. The van der Waals surface area contributed by atoms with Crippen molar-refractivity contribution in [1.29, 1.82) is 0 Å². The van der Waals surface area contributed by atoms with Crippen LogP contribution in [-0.2, 0) is 4.79 Å². The van der Waals surface area contributed by atoms with Gasteiger partial charge < -0.3 is 15.5 Å². The second kappa shape index (κ2) is 27.7. The molecule has 0 heterocycles. The van der Waals surface area contributed by atoms with Crippen LogP contribution in [0, 0.1) is 0 Å². The maximum absolute atomic E-state index is 12.2. The van der Waals surface area contributed by atoms with Gasteiger partial charge in [-0.2, -0.15) is 0 Å². The molecule has 0 aromatic carbocycles. The summed E-state index contributed by atoms with van der Waals surface area (Å²) in [6, 6.07) is -0.612. The number of nitrogens with one attached hydrogen (secondary N) is 1. The average molecular weight is 496 g/mol. The molecule has 0 spiro atoms. The van der Waals surface area contributed by atoms with Gasteiger partial charge in [0.2, 0.25) is 5.91 Å².